The third-order valence-electron chi connectivity index (χ3n) is 5.35. The highest BCUT2D eigenvalue weighted by Crippen LogP contribution is 2.52. The Hall–Kier alpha value is -3.12. The molecule has 0 aromatic heterocycles. The number of allylic oxidation sites excluding steroid dienone is 1. The van der Waals surface area contributed by atoms with Crippen LogP contribution < -0.4 is 4.74 Å². The van der Waals surface area contributed by atoms with Crippen LogP contribution in [-0.4, -0.2) is 22.3 Å². The van der Waals surface area contributed by atoms with Crippen molar-refractivity contribution in [2.75, 3.05) is 5.88 Å². The Balaban J connectivity index is 1.92. The number of rotatable bonds is 5. The number of hydrogen-bond acceptors (Lipinski definition) is 3. The number of alkyl halides is 4. The molecule has 3 aromatic carbocycles. The fourth-order valence-corrected chi connectivity index (χ4v) is 4.02. The van der Waals surface area contributed by atoms with E-state index in [1.807, 2.05) is 12.1 Å². The summed E-state index contributed by atoms with van der Waals surface area (Å²) in [5.41, 5.74) is 0.816. The first-order valence-electron chi connectivity index (χ1n) is 10.0. The summed E-state index contributed by atoms with van der Waals surface area (Å²) in [6.07, 6.45) is -4.18. The Morgan fingerprint density at radius 2 is 1.53 bits per heavy atom. The summed E-state index contributed by atoms with van der Waals surface area (Å²) in [5, 5.41) is 19.5. The van der Waals surface area contributed by atoms with Gasteiger partial charge in [-0.25, -0.2) is 0 Å². The molecule has 32 heavy (non-hydrogen) atoms. The van der Waals surface area contributed by atoms with Gasteiger partial charge in [0.25, 0.3) is 0 Å². The maximum atomic E-state index is 14.4. The minimum Gasteiger partial charge on any atom is -0.508 e. The van der Waals surface area contributed by atoms with Crippen LogP contribution in [0.5, 0.6) is 17.2 Å². The van der Waals surface area contributed by atoms with Gasteiger partial charge < -0.3 is 14.9 Å². The number of hydrogen-bond donors (Lipinski definition) is 2. The molecular weight excluding hydrogens is 441 g/mol. The summed E-state index contributed by atoms with van der Waals surface area (Å²) >= 11 is 5.75. The molecule has 3 aromatic rings. The number of phenolic OH excluding ortho intramolecular Hbond substituents is 2. The van der Waals surface area contributed by atoms with E-state index in [1.54, 1.807) is 12.1 Å². The lowest BCUT2D eigenvalue weighted by Gasteiger charge is -2.33. The van der Waals surface area contributed by atoms with Crippen LogP contribution in [0.1, 0.15) is 34.8 Å². The van der Waals surface area contributed by atoms with Gasteiger partial charge in [-0.3, -0.25) is 0 Å². The van der Waals surface area contributed by atoms with E-state index in [4.69, 9.17) is 16.3 Å². The predicted octanol–water partition coefficient (Wildman–Crippen LogP) is 6.88. The van der Waals surface area contributed by atoms with Crippen molar-refractivity contribution in [2.45, 2.75) is 25.1 Å². The van der Waals surface area contributed by atoms with Crippen LogP contribution in [0.25, 0.3) is 11.1 Å². The largest absolute Gasteiger partial charge is 0.508 e. The van der Waals surface area contributed by atoms with Crippen molar-refractivity contribution >= 4 is 22.7 Å². The monoisotopic (exact) mass is 460 g/mol. The Kier molecular flexibility index (Phi) is 6.07. The SMILES string of the molecule is Oc1ccc(C2=C(C(F)(F)F)c3ccc(O)cc3OC2c2ccc(CCCCl)cc2)cc1. The number of benzene rings is 3. The average molecular weight is 461 g/mol. The van der Waals surface area contributed by atoms with Crippen molar-refractivity contribution in [3.05, 3.63) is 89.0 Å². The molecule has 0 fully saturated rings. The van der Waals surface area contributed by atoms with Crippen LogP contribution in [-0.2, 0) is 6.42 Å². The van der Waals surface area contributed by atoms with E-state index < -0.39 is 17.9 Å². The van der Waals surface area contributed by atoms with Crippen molar-refractivity contribution in [1.82, 2.24) is 0 Å². The van der Waals surface area contributed by atoms with Gasteiger partial charge in [-0.15, -0.1) is 11.6 Å². The van der Waals surface area contributed by atoms with Gasteiger partial charge in [0.05, 0.1) is 5.57 Å². The molecule has 1 heterocycles. The summed E-state index contributed by atoms with van der Waals surface area (Å²) in [6.45, 7) is 0. The molecular formula is C25H20ClF3O3. The third-order valence-corrected chi connectivity index (χ3v) is 5.62. The number of halogens is 4. The molecule has 1 aliphatic rings. The van der Waals surface area contributed by atoms with E-state index in [1.165, 1.54) is 42.5 Å². The Morgan fingerprint density at radius 1 is 0.875 bits per heavy atom. The van der Waals surface area contributed by atoms with Crippen molar-refractivity contribution < 1.29 is 28.1 Å². The van der Waals surface area contributed by atoms with Gasteiger partial charge in [0.2, 0.25) is 0 Å². The smallest absolute Gasteiger partial charge is 0.417 e. The van der Waals surface area contributed by atoms with Crippen LogP contribution in [0.3, 0.4) is 0 Å². The quantitative estimate of drug-likeness (QED) is 0.408. The lowest BCUT2D eigenvalue weighted by atomic mass is 9.84. The highest BCUT2D eigenvalue weighted by atomic mass is 35.5. The lowest BCUT2D eigenvalue weighted by molar-refractivity contribution is -0.0695. The minimum atomic E-state index is -4.68. The maximum Gasteiger partial charge on any atom is 0.417 e. The number of phenols is 2. The summed E-state index contributed by atoms with van der Waals surface area (Å²) in [7, 11) is 0. The maximum absolute atomic E-state index is 14.4. The van der Waals surface area contributed by atoms with Gasteiger partial charge in [0.15, 0.2) is 6.10 Å². The number of ether oxygens (including phenoxy) is 1. The number of fused-ring (bicyclic) bond motifs is 1. The van der Waals surface area contributed by atoms with Crippen LogP contribution >= 0.6 is 11.6 Å². The van der Waals surface area contributed by atoms with E-state index in [0.717, 1.165) is 18.4 Å². The van der Waals surface area contributed by atoms with Gasteiger partial charge in [-0.2, -0.15) is 13.2 Å². The van der Waals surface area contributed by atoms with Crippen LogP contribution in [0, 0.1) is 0 Å². The topological polar surface area (TPSA) is 49.7 Å². The fraction of sp³-hybridized carbons (Fsp3) is 0.200. The first kappa shape index (κ1) is 22.1. The predicted molar refractivity (Wildman–Crippen MR) is 118 cm³/mol. The molecule has 166 valence electrons. The number of aromatic hydroxyl groups is 2. The van der Waals surface area contributed by atoms with Crippen molar-refractivity contribution in [1.29, 1.82) is 0 Å². The summed E-state index contributed by atoms with van der Waals surface area (Å²) < 4.78 is 49.2. The first-order valence-corrected chi connectivity index (χ1v) is 10.6. The second-order valence-corrected chi connectivity index (χ2v) is 7.92. The summed E-state index contributed by atoms with van der Waals surface area (Å²) in [6, 6.07) is 16.4. The Labute approximate surface area is 188 Å². The molecule has 4 rings (SSSR count). The number of aryl methyl sites for hydroxylation is 1. The van der Waals surface area contributed by atoms with Gasteiger partial charge in [-0.05, 0) is 53.8 Å². The van der Waals surface area contributed by atoms with E-state index in [2.05, 4.69) is 0 Å². The summed E-state index contributed by atoms with van der Waals surface area (Å²) in [4.78, 5) is 0. The zero-order valence-electron chi connectivity index (χ0n) is 16.9. The van der Waals surface area contributed by atoms with Gasteiger partial charge in [0.1, 0.15) is 17.2 Å². The molecule has 0 saturated carbocycles. The molecule has 0 amide bonds. The van der Waals surface area contributed by atoms with Crippen LogP contribution in [0.2, 0.25) is 0 Å². The van der Waals surface area contributed by atoms with E-state index >= 15 is 0 Å². The standard InChI is InChI=1S/C25H20ClF3O3/c26-13-1-2-15-3-5-17(6-4-15)24-22(16-7-9-18(30)10-8-16)23(25(27,28)29)20-12-11-19(31)14-21(20)32-24/h3-12,14,24,30-31H,1-2,13H2. The van der Waals surface area contributed by atoms with Crippen molar-refractivity contribution in [2.24, 2.45) is 0 Å². The van der Waals surface area contributed by atoms with Crippen molar-refractivity contribution in [3.63, 3.8) is 0 Å². The molecule has 0 radical (unpaired) electrons. The first-order chi connectivity index (χ1) is 15.3. The van der Waals surface area contributed by atoms with Crippen LogP contribution in [0.15, 0.2) is 66.7 Å². The van der Waals surface area contributed by atoms with E-state index in [0.29, 0.717) is 11.4 Å². The molecule has 1 aliphatic heterocycles. The fourth-order valence-electron chi connectivity index (χ4n) is 3.88. The van der Waals surface area contributed by atoms with Crippen molar-refractivity contribution in [3.8, 4) is 17.2 Å². The second kappa shape index (κ2) is 8.79. The summed E-state index contributed by atoms with van der Waals surface area (Å²) in [5.74, 6) is 0.242. The normalized spacial score (nSPS) is 15.9. The molecule has 0 spiro atoms. The zero-order chi connectivity index (χ0) is 22.9. The molecule has 0 aliphatic carbocycles. The highest BCUT2D eigenvalue weighted by Gasteiger charge is 2.44. The lowest BCUT2D eigenvalue weighted by Crippen LogP contribution is -2.23. The molecule has 3 nitrogen and oxygen atoms in total. The molecule has 7 heteroatoms. The Bertz CT molecular complexity index is 1140. The van der Waals surface area contributed by atoms with Gasteiger partial charge in [0, 0.05) is 23.1 Å². The highest BCUT2D eigenvalue weighted by molar-refractivity contribution is 6.17. The van der Waals surface area contributed by atoms with Crippen LogP contribution in [0.4, 0.5) is 13.2 Å². The molecule has 1 unspecified atom stereocenters. The zero-order valence-corrected chi connectivity index (χ0v) is 17.6. The average Bonchev–Trinajstić information content (AvgIpc) is 2.76. The second-order valence-electron chi connectivity index (χ2n) is 7.55. The molecule has 2 N–H and O–H groups in total. The van der Waals surface area contributed by atoms with E-state index in [9.17, 15) is 23.4 Å². The van der Waals surface area contributed by atoms with Gasteiger partial charge >= 0.3 is 6.18 Å². The molecule has 0 bridgehead atoms. The molecule has 0 saturated heterocycles. The minimum absolute atomic E-state index is 0.0453. The van der Waals surface area contributed by atoms with Gasteiger partial charge in [-0.1, -0.05) is 36.4 Å². The third kappa shape index (κ3) is 4.41. The Morgan fingerprint density at radius 3 is 2.16 bits per heavy atom. The van der Waals surface area contributed by atoms with E-state index in [-0.39, 0.29) is 33.9 Å². The molecule has 1 atom stereocenters.